The number of carbonyl (C=O) groups is 1. The van der Waals surface area contributed by atoms with Gasteiger partial charge in [-0.2, -0.15) is 0 Å². The second-order valence-corrected chi connectivity index (χ2v) is 4.85. The maximum absolute atomic E-state index is 11.8. The Bertz CT molecular complexity index is 419. The summed E-state index contributed by atoms with van der Waals surface area (Å²) >= 11 is 5.77. The number of nitrogen functional groups attached to an aromatic ring is 1. The number of anilines is 1. The summed E-state index contributed by atoms with van der Waals surface area (Å²) in [6.07, 6.45) is 1.20. The summed E-state index contributed by atoms with van der Waals surface area (Å²) in [6.45, 7) is 2.93. The lowest BCUT2D eigenvalue weighted by Gasteiger charge is -2.07. The zero-order valence-electron chi connectivity index (χ0n) is 9.16. The lowest BCUT2D eigenvalue weighted by Crippen LogP contribution is -2.26. The highest BCUT2D eigenvalue weighted by atomic mass is 35.5. The first-order valence-corrected chi connectivity index (χ1v) is 5.79. The average Bonchev–Trinajstić information content (AvgIpc) is 2.91. The van der Waals surface area contributed by atoms with Crippen LogP contribution in [-0.4, -0.2) is 12.5 Å². The number of hydrogen-bond acceptors (Lipinski definition) is 2. The molecular weight excluding hydrogens is 224 g/mol. The van der Waals surface area contributed by atoms with Crippen molar-refractivity contribution in [2.75, 3.05) is 12.3 Å². The van der Waals surface area contributed by atoms with Crippen LogP contribution < -0.4 is 11.1 Å². The van der Waals surface area contributed by atoms with Crippen LogP contribution in [0.25, 0.3) is 0 Å². The molecule has 3 nitrogen and oxygen atoms in total. The monoisotopic (exact) mass is 238 g/mol. The maximum Gasteiger partial charge on any atom is 0.253 e. The van der Waals surface area contributed by atoms with E-state index in [-0.39, 0.29) is 5.91 Å². The van der Waals surface area contributed by atoms with Gasteiger partial charge in [0, 0.05) is 17.3 Å². The third kappa shape index (κ3) is 2.47. The molecule has 0 heterocycles. The highest BCUT2D eigenvalue weighted by molar-refractivity contribution is 6.31. The van der Waals surface area contributed by atoms with Crippen LogP contribution in [0.5, 0.6) is 0 Å². The first-order chi connectivity index (χ1) is 7.58. The van der Waals surface area contributed by atoms with Gasteiger partial charge in [-0.05, 0) is 36.5 Å². The van der Waals surface area contributed by atoms with Crippen molar-refractivity contribution < 1.29 is 4.79 Å². The number of halogens is 1. The molecule has 1 amide bonds. The summed E-state index contributed by atoms with van der Waals surface area (Å²) in [5, 5.41) is 3.44. The fourth-order valence-electron chi connectivity index (χ4n) is 1.74. The van der Waals surface area contributed by atoms with Crippen LogP contribution in [0.4, 0.5) is 5.69 Å². The van der Waals surface area contributed by atoms with Crippen LogP contribution in [-0.2, 0) is 0 Å². The largest absolute Gasteiger partial charge is 0.398 e. The molecule has 0 aliphatic heterocycles. The molecule has 1 saturated carbocycles. The van der Waals surface area contributed by atoms with Crippen molar-refractivity contribution >= 4 is 23.2 Å². The van der Waals surface area contributed by atoms with Crippen molar-refractivity contribution in [2.24, 2.45) is 11.8 Å². The lowest BCUT2D eigenvalue weighted by atomic mass is 10.1. The first kappa shape index (κ1) is 11.3. The van der Waals surface area contributed by atoms with Crippen LogP contribution in [0.15, 0.2) is 18.2 Å². The Kier molecular flexibility index (Phi) is 3.06. The molecule has 2 rings (SSSR count). The van der Waals surface area contributed by atoms with Gasteiger partial charge in [-0.1, -0.05) is 18.5 Å². The molecule has 1 aliphatic carbocycles. The van der Waals surface area contributed by atoms with Gasteiger partial charge in [-0.25, -0.2) is 0 Å². The summed E-state index contributed by atoms with van der Waals surface area (Å²) in [4.78, 5) is 11.8. The van der Waals surface area contributed by atoms with Crippen LogP contribution in [0.3, 0.4) is 0 Å². The molecule has 0 aromatic heterocycles. The minimum Gasteiger partial charge on any atom is -0.398 e. The molecule has 2 atom stereocenters. The van der Waals surface area contributed by atoms with Gasteiger partial charge >= 0.3 is 0 Å². The maximum atomic E-state index is 11.8. The van der Waals surface area contributed by atoms with Crippen molar-refractivity contribution in [1.82, 2.24) is 5.32 Å². The number of benzene rings is 1. The molecular formula is C12H15ClN2O. The second-order valence-electron chi connectivity index (χ2n) is 4.41. The molecule has 86 valence electrons. The summed E-state index contributed by atoms with van der Waals surface area (Å²) in [5.41, 5.74) is 6.65. The van der Waals surface area contributed by atoms with Gasteiger partial charge < -0.3 is 11.1 Å². The lowest BCUT2D eigenvalue weighted by molar-refractivity contribution is 0.0952. The van der Waals surface area contributed by atoms with E-state index >= 15 is 0 Å². The fraction of sp³-hybridized carbons (Fsp3) is 0.417. The summed E-state index contributed by atoms with van der Waals surface area (Å²) in [7, 11) is 0. The SMILES string of the molecule is CC1CC1CNC(=O)c1ccc(Cl)cc1N. The summed E-state index contributed by atoms with van der Waals surface area (Å²) < 4.78 is 0. The number of nitrogens with two attached hydrogens (primary N) is 1. The van der Waals surface area contributed by atoms with Crippen LogP contribution in [0.2, 0.25) is 5.02 Å². The smallest absolute Gasteiger partial charge is 0.253 e. The Labute approximate surface area is 100.0 Å². The second kappa shape index (κ2) is 4.34. The zero-order valence-corrected chi connectivity index (χ0v) is 9.92. The summed E-state index contributed by atoms with van der Waals surface area (Å²) in [5.74, 6) is 1.26. The normalized spacial score (nSPS) is 22.9. The van der Waals surface area contributed by atoms with E-state index in [0.717, 1.165) is 12.5 Å². The molecule has 0 bridgehead atoms. The molecule has 0 spiro atoms. The van der Waals surface area contributed by atoms with Gasteiger partial charge in [0.15, 0.2) is 0 Å². The van der Waals surface area contributed by atoms with E-state index in [1.54, 1.807) is 18.2 Å². The molecule has 3 N–H and O–H groups in total. The molecule has 0 saturated heterocycles. The minimum atomic E-state index is -0.117. The third-order valence-corrected chi connectivity index (χ3v) is 3.29. The molecule has 0 radical (unpaired) electrons. The molecule has 1 aromatic carbocycles. The van der Waals surface area contributed by atoms with Crippen LogP contribution in [0, 0.1) is 11.8 Å². The Balaban J connectivity index is 1.97. The average molecular weight is 239 g/mol. The number of carbonyl (C=O) groups excluding carboxylic acids is 1. The van der Waals surface area contributed by atoms with E-state index in [2.05, 4.69) is 12.2 Å². The van der Waals surface area contributed by atoms with E-state index in [1.165, 1.54) is 6.42 Å². The fourth-order valence-corrected chi connectivity index (χ4v) is 1.92. The van der Waals surface area contributed by atoms with E-state index in [1.807, 2.05) is 0 Å². The van der Waals surface area contributed by atoms with E-state index in [4.69, 9.17) is 17.3 Å². The third-order valence-electron chi connectivity index (χ3n) is 3.06. The number of nitrogens with one attached hydrogen (secondary N) is 1. The van der Waals surface area contributed by atoms with Crippen molar-refractivity contribution in [3.63, 3.8) is 0 Å². The first-order valence-electron chi connectivity index (χ1n) is 5.41. The van der Waals surface area contributed by atoms with Crippen LogP contribution in [0.1, 0.15) is 23.7 Å². The van der Waals surface area contributed by atoms with Crippen molar-refractivity contribution in [1.29, 1.82) is 0 Å². The molecule has 1 fully saturated rings. The highest BCUT2D eigenvalue weighted by Crippen LogP contribution is 2.36. The molecule has 1 aromatic rings. The predicted molar refractivity (Wildman–Crippen MR) is 65.5 cm³/mol. The molecule has 16 heavy (non-hydrogen) atoms. The van der Waals surface area contributed by atoms with Gasteiger partial charge in [0.1, 0.15) is 0 Å². The zero-order chi connectivity index (χ0) is 11.7. The molecule has 4 heteroatoms. The van der Waals surface area contributed by atoms with Gasteiger partial charge in [-0.3, -0.25) is 4.79 Å². The summed E-state index contributed by atoms with van der Waals surface area (Å²) in [6, 6.07) is 4.92. The van der Waals surface area contributed by atoms with Crippen LogP contribution >= 0.6 is 11.6 Å². The number of amides is 1. The standard InChI is InChI=1S/C12H15ClN2O/c1-7-4-8(7)6-15-12(16)10-3-2-9(13)5-11(10)14/h2-3,5,7-8H,4,6,14H2,1H3,(H,15,16). The Hall–Kier alpha value is -1.22. The van der Waals surface area contributed by atoms with Crippen molar-refractivity contribution in [2.45, 2.75) is 13.3 Å². The minimum absolute atomic E-state index is 0.117. The van der Waals surface area contributed by atoms with E-state index < -0.39 is 0 Å². The number of hydrogen-bond donors (Lipinski definition) is 2. The Morgan fingerprint density at radius 1 is 1.62 bits per heavy atom. The van der Waals surface area contributed by atoms with Gasteiger partial charge in [-0.15, -0.1) is 0 Å². The van der Waals surface area contributed by atoms with E-state index in [9.17, 15) is 4.79 Å². The van der Waals surface area contributed by atoms with Crippen molar-refractivity contribution in [3.8, 4) is 0 Å². The molecule has 1 aliphatic rings. The number of rotatable bonds is 3. The van der Waals surface area contributed by atoms with Gasteiger partial charge in [0.25, 0.3) is 5.91 Å². The van der Waals surface area contributed by atoms with Crippen molar-refractivity contribution in [3.05, 3.63) is 28.8 Å². The quantitative estimate of drug-likeness (QED) is 0.794. The molecule has 2 unspecified atom stereocenters. The Morgan fingerprint density at radius 2 is 2.31 bits per heavy atom. The van der Waals surface area contributed by atoms with Gasteiger partial charge in [0.2, 0.25) is 0 Å². The highest BCUT2D eigenvalue weighted by Gasteiger charge is 2.32. The van der Waals surface area contributed by atoms with Gasteiger partial charge in [0.05, 0.1) is 5.56 Å². The Morgan fingerprint density at radius 3 is 2.88 bits per heavy atom. The van der Waals surface area contributed by atoms with E-state index in [0.29, 0.717) is 22.2 Å². The topological polar surface area (TPSA) is 55.1 Å². The predicted octanol–water partition coefficient (Wildman–Crippen LogP) is 2.31.